The summed E-state index contributed by atoms with van der Waals surface area (Å²) >= 11 is 0. The number of esters is 2. The maximum atomic E-state index is 12.9. The zero-order valence-electron chi connectivity index (χ0n) is 47.3. The fourth-order valence-corrected chi connectivity index (χ4v) is 7.18. The topological polar surface area (TPSA) is 61.8 Å². The molecule has 5 nitrogen and oxygen atoms in total. The van der Waals surface area contributed by atoms with Gasteiger partial charge in [-0.15, -0.1) is 0 Å². The third-order valence-corrected chi connectivity index (χ3v) is 11.4. The Hall–Kier alpha value is -5.00. The molecule has 0 spiro atoms. The van der Waals surface area contributed by atoms with Gasteiger partial charge in [-0.05, 0) is 154 Å². The molecule has 74 heavy (non-hydrogen) atoms. The minimum atomic E-state index is -0.599. The Labute approximate surface area is 455 Å². The Morgan fingerprint density at radius 3 is 0.892 bits per heavy atom. The van der Waals surface area contributed by atoms with Gasteiger partial charge in [0.15, 0.2) is 6.10 Å². The lowest BCUT2D eigenvalue weighted by Crippen LogP contribution is -2.30. The first kappa shape index (κ1) is 69.0. The number of allylic oxidation sites excluding steroid dienone is 30. The predicted molar refractivity (Wildman–Crippen MR) is 324 cm³/mol. The van der Waals surface area contributed by atoms with E-state index in [1.807, 2.05) is 0 Å². The summed E-state index contributed by atoms with van der Waals surface area (Å²) in [5, 5.41) is 0. The van der Waals surface area contributed by atoms with Crippen LogP contribution in [-0.2, 0) is 23.8 Å². The van der Waals surface area contributed by atoms with Crippen LogP contribution in [0.4, 0.5) is 0 Å². The van der Waals surface area contributed by atoms with Gasteiger partial charge in [0.1, 0.15) is 6.61 Å². The van der Waals surface area contributed by atoms with Crippen molar-refractivity contribution < 1.29 is 23.8 Å². The Kier molecular flexibility index (Phi) is 58.1. The molecule has 0 aromatic carbocycles. The smallest absolute Gasteiger partial charge is 0.306 e. The first-order valence-corrected chi connectivity index (χ1v) is 29.3. The maximum Gasteiger partial charge on any atom is 0.306 e. The minimum absolute atomic E-state index is 0.0297. The molecule has 412 valence electrons. The van der Waals surface area contributed by atoms with Crippen LogP contribution < -0.4 is 0 Å². The van der Waals surface area contributed by atoms with Crippen molar-refractivity contribution in [2.24, 2.45) is 0 Å². The van der Waals surface area contributed by atoms with Crippen molar-refractivity contribution in [3.05, 3.63) is 182 Å². The Balaban J connectivity index is 4.52. The molecular formula is C69H106O5. The average molecular weight is 1020 g/mol. The molecule has 0 aliphatic carbocycles. The molecule has 0 saturated carbocycles. The van der Waals surface area contributed by atoms with Crippen LogP contribution in [0, 0.1) is 0 Å². The number of hydrogen-bond donors (Lipinski definition) is 0. The summed E-state index contributed by atoms with van der Waals surface area (Å²) in [6, 6.07) is 0. The zero-order chi connectivity index (χ0) is 53.4. The standard InChI is InChI=1S/C69H106O5/c1-4-7-10-13-16-19-22-25-28-31-34-37-40-43-46-49-52-55-58-61-64-72-65-67(74-69(71)63-60-57-54-51-48-45-42-39-36-33-30-27-24-21-18-15-12-9-6-3)66-73-68(70)62-59-56-53-50-47-44-41-38-35-32-29-26-23-20-17-14-11-8-5-2/h7-12,16-21,25-30,34-39,43-48,67H,4-6,13-15,22-24,31-33,40-42,49-66H2,1-3H3/b10-7-,11-8-,12-9-,19-16-,20-17-,21-18-,28-25-,29-26-,30-27-,37-34-,38-35-,39-36-,46-43-,47-44-,48-45-. The van der Waals surface area contributed by atoms with Crippen molar-refractivity contribution in [2.75, 3.05) is 19.8 Å². The number of rotatable bonds is 51. The van der Waals surface area contributed by atoms with E-state index in [1.165, 1.54) is 0 Å². The summed E-state index contributed by atoms with van der Waals surface area (Å²) in [4.78, 5) is 25.6. The monoisotopic (exact) mass is 1010 g/mol. The normalized spacial score (nSPS) is 13.6. The van der Waals surface area contributed by atoms with Gasteiger partial charge in [0.05, 0.1) is 6.61 Å². The van der Waals surface area contributed by atoms with Gasteiger partial charge in [0.2, 0.25) is 0 Å². The molecule has 0 amide bonds. The number of ether oxygens (including phenoxy) is 3. The second-order valence-electron chi connectivity index (χ2n) is 18.4. The van der Waals surface area contributed by atoms with E-state index in [-0.39, 0.29) is 25.2 Å². The second-order valence-corrected chi connectivity index (χ2v) is 18.4. The molecule has 0 saturated heterocycles. The molecule has 1 unspecified atom stereocenters. The van der Waals surface area contributed by atoms with Crippen LogP contribution in [0.2, 0.25) is 0 Å². The number of unbranched alkanes of at least 4 members (excludes halogenated alkanes) is 10. The number of carbonyl (C=O) groups is 2. The quantitative estimate of drug-likeness (QED) is 0.0345. The van der Waals surface area contributed by atoms with Gasteiger partial charge in [-0.25, -0.2) is 0 Å². The molecule has 0 aromatic rings. The summed E-state index contributed by atoms with van der Waals surface area (Å²) in [5.41, 5.74) is 0. The highest BCUT2D eigenvalue weighted by molar-refractivity contribution is 5.70. The Bertz CT molecular complexity index is 1720. The fourth-order valence-electron chi connectivity index (χ4n) is 7.18. The highest BCUT2D eigenvalue weighted by Gasteiger charge is 2.17. The average Bonchev–Trinajstić information content (AvgIpc) is 3.40. The van der Waals surface area contributed by atoms with Crippen LogP contribution in [-0.4, -0.2) is 37.9 Å². The number of carbonyl (C=O) groups excluding carboxylic acids is 2. The van der Waals surface area contributed by atoms with Crippen LogP contribution in [0.1, 0.15) is 213 Å². The summed E-state index contributed by atoms with van der Waals surface area (Å²) in [7, 11) is 0. The fraction of sp³-hybridized carbons (Fsp3) is 0.536. The minimum Gasteiger partial charge on any atom is -0.462 e. The van der Waals surface area contributed by atoms with E-state index in [4.69, 9.17) is 14.2 Å². The molecule has 0 fully saturated rings. The van der Waals surface area contributed by atoms with Crippen LogP contribution in [0.3, 0.4) is 0 Å². The van der Waals surface area contributed by atoms with Crippen LogP contribution in [0.15, 0.2) is 182 Å². The van der Waals surface area contributed by atoms with Crippen molar-refractivity contribution in [2.45, 2.75) is 219 Å². The van der Waals surface area contributed by atoms with Gasteiger partial charge in [-0.3, -0.25) is 9.59 Å². The van der Waals surface area contributed by atoms with Crippen molar-refractivity contribution in [3.8, 4) is 0 Å². The van der Waals surface area contributed by atoms with E-state index in [0.717, 1.165) is 180 Å². The largest absolute Gasteiger partial charge is 0.462 e. The molecule has 0 aliphatic heterocycles. The molecule has 0 heterocycles. The summed E-state index contributed by atoms with van der Waals surface area (Å²) < 4.78 is 17.4. The summed E-state index contributed by atoms with van der Waals surface area (Å²) in [6.07, 6.45) is 94.9. The lowest BCUT2D eigenvalue weighted by atomic mass is 10.1. The molecule has 5 heteroatoms. The van der Waals surface area contributed by atoms with Gasteiger partial charge in [0.25, 0.3) is 0 Å². The van der Waals surface area contributed by atoms with Gasteiger partial charge >= 0.3 is 11.9 Å². The van der Waals surface area contributed by atoms with Crippen LogP contribution in [0.5, 0.6) is 0 Å². The molecule has 0 rings (SSSR count). The van der Waals surface area contributed by atoms with Crippen LogP contribution >= 0.6 is 0 Å². The van der Waals surface area contributed by atoms with Gasteiger partial charge in [-0.2, -0.15) is 0 Å². The molecule has 0 aliphatic rings. The zero-order valence-corrected chi connectivity index (χ0v) is 47.3. The van der Waals surface area contributed by atoms with Crippen LogP contribution in [0.25, 0.3) is 0 Å². The molecular weight excluding hydrogens is 909 g/mol. The van der Waals surface area contributed by atoms with Gasteiger partial charge in [0, 0.05) is 19.4 Å². The van der Waals surface area contributed by atoms with Gasteiger partial charge < -0.3 is 14.2 Å². The highest BCUT2D eigenvalue weighted by Crippen LogP contribution is 2.11. The van der Waals surface area contributed by atoms with Crippen molar-refractivity contribution in [1.29, 1.82) is 0 Å². The highest BCUT2D eigenvalue weighted by atomic mass is 16.6. The predicted octanol–water partition coefficient (Wildman–Crippen LogP) is 20.6. The molecule has 0 N–H and O–H groups in total. The molecule has 0 aromatic heterocycles. The number of hydrogen-bond acceptors (Lipinski definition) is 5. The lowest BCUT2D eigenvalue weighted by Gasteiger charge is -2.18. The van der Waals surface area contributed by atoms with E-state index >= 15 is 0 Å². The van der Waals surface area contributed by atoms with Crippen molar-refractivity contribution in [1.82, 2.24) is 0 Å². The molecule has 0 radical (unpaired) electrons. The van der Waals surface area contributed by atoms with Crippen molar-refractivity contribution >= 4 is 11.9 Å². The first-order valence-electron chi connectivity index (χ1n) is 29.3. The van der Waals surface area contributed by atoms with E-state index in [0.29, 0.717) is 19.4 Å². The SMILES string of the molecule is CC/C=C\C/C=C\C/C=C\C/C=C\C/C=C\CCCCCCOCC(COC(=O)CCCCC/C=C\C/C=C\C/C=C\C/C=C\C/C=C\CC)OC(=O)CCCCC/C=C\C/C=C\C/C=C\C/C=C\C/C=C\CC. The van der Waals surface area contributed by atoms with E-state index in [2.05, 4.69) is 203 Å². The Morgan fingerprint density at radius 2 is 0.568 bits per heavy atom. The van der Waals surface area contributed by atoms with Gasteiger partial charge in [-0.1, -0.05) is 229 Å². The summed E-state index contributed by atoms with van der Waals surface area (Å²) in [5.74, 6) is -0.502. The summed E-state index contributed by atoms with van der Waals surface area (Å²) in [6.45, 7) is 7.33. The lowest BCUT2D eigenvalue weighted by molar-refractivity contribution is -0.163. The molecule has 0 bridgehead atoms. The van der Waals surface area contributed by atoms with E-state index in [9.17, 15) is 9.59 Å². The third-order valence-electron chi connectivity index (χ3n) is 11.4. The van der Waals surface area contributed by atoms with E-state index in [1.54, 1.807) is 0 Å². The second kappa shape index (κ2) is 62.3. The van der Waals surface area contributed by atoms with E-state index < -0.39 is 6.10 Å². The first-order chi connectivity index (χ1) is 36.6. The maximum absolute atomic E-state index is 12.9. The van der Waals surface area contributed by atoms with Crippen molar-refractivity contribution in [3.63, 3.8) is 0 Å². The molecule has 1 atom stereocenters. The Morgan fingerprint density at radius 1 is 0.297 bits per heavy atom. The third kappa shape index (κ3) is 59.6.